The van der Waals surface area contributed by atoms with Crippen molar-refractivity contribution in [2.24, 2.45) is 5.92 Å². The molecule has 12 heavy (non-hydrogen) atoms. The van der Waals surface area contributed by atoms with Crippen LogP contribution in [0, 0.1) is 5.92 Å². The van der Waals surface area contributed by atoms with Gasteiger partial charge in [-0.25, -0.2) is 0 Å². The number of rotatable bonds is 5. The zero-order valence-electron chi connectivity index (χ0n) is 7.85. The standard InChI is InChI=1S/C9H19ClN2/c1-12-6-3-9(8-12)7-11-5-2-4-10/h9,11H,2-8H2,1H3. The zero-order valence-corrected chi connectivity index (χ0v) is 8.61. The number of hydrogen-bond acceptors (Lipinski definition) is 2. The Hall–Kier alpha value is 0.210. The number of nitrogens with zero attached hydrogens (tertiary/aromatic N) is 1. The van der Waals surface area contributed by atoms with E-state index >= 15 is 0 Å². The van der Waals surface area contributed by atoms with Gasteiger partial charge in [0.2, 0.25) is 0 Å². The molecule has 0 amide bonds. The summed E-state index contributed by atoms with van der Waals surface area (Å²) in [5, 5.41) is 3.44. The second kappa shape index (κ2) is 5.79. The van der Waals surface area contributed by atoms with Gasteiger partial charge in [-0.3, -0.25) is 0 Å². The van der Waals surface area contributed by atoms with Crippen LogP contribution in [0.4, 0.5) is 0 Å². The van der Waals surface area contributed by atoms with Crippen LogP contribution in [0.1, 0.15) is 12.8 Å². The summed E-state index contributed by atoms with van der Waals surface area (Å²) in [6, 6.07) is 0. The van der Waals surface area contributed by atoms with Crippen LogP contribution in [-0.2, 0) is 0 Å². The third-order valence-corrected chi connectivity index (χ3v) is 2.68. The van der Waals surface area contributed by atoms with Crippen molar-refractivity contribution in [2.75, 3.05) is 39.1 Å². The second-order valence-electron chi connectivity index (χ2n) is 3.66. The highest BCUT2D eigenvalue weighted by Crippen LogP contribution is 2.12. The van der Waals surface area contributed by atoms with E-state index < -0.39 is 0 Å². The van der Waals surface area contributed by atoms with Crippen molar-refractivity contribution in [2.45, 2.75) is 12.8 Å². The van der Waals surface area contributed by atoms with Crippen LogP contribution >= 0.6 is 11.6 Å². The topological polar surface area (TPSA) is 15.3 Å². The first-order valence-corrected chi connectivity index (χ1v) is 5.31. The molecule has 1 rings (SSSR count). The van der Waals surface area contributed by atoms with Crippen LogP contribution in [0.5, 0.6) is 0 Å². The van der Waals surface area contributed by atoms with Gasteiger partial charge >= 0.3 is 0 Å². The molecule has 1 unspecified atom stereocenters. The average molecular weight is 191 g/mol. The van der Waals surface area contributed by atoms with Crippen LogP contribution < -0.4 is 5.32 Å². The number of hydrogen-bond donors (Lipinski definition) is 1. The molecule has 1 aliphatic rings. The van der Waals surface area contributed by atoms with Crippen molar-refractivity contribution in [1.82, 2.24) is 10.2 Å². The largest absolute Gasteiger partial charge is 0.316 e. The van der Waals surface area contributed by atoms with Crippen LogP contribution in [0.3, 0.4) is 0 Å². The highest BCUT2D eigenvalue weighted by atomic mass is 35.5. The first-order chi connectivity index (χ1) is 5.83. The van der Waals surface area contributed by atoms with Crippen molar-refractivity contribution >= 4 is 11.6 Å². The summed E-state index contributed by atoms with van der Waals surface area (Å²) in [6.07, 6.45) is 2.44. The average Bonchev–Trinajstić information content (AvgIpc) is 2.45. The van der Waals surface area contributed by atoms with Gasteiger partial charge in [-0.1, -0.05) is 0 Å². The quantitative estimate of drug-likeness (QED) is 0.517. The van der Waals surface area contributed by atoms with E-state index in [2.05, 4.69) is 17.3 Å². The Morgan fingerprint density at radius 2 is 2.42 bits per heavy atom. The minimum Gasteiger partial charge on any atom is -0.316 e. The maximum Gasteiger partial charge on any atom is 0.0235 e. The summed E-state index contributed by atoms with van der Waals surface area (Å²) >= 11 is 5.57. The molecular weight excluding hydrogens is 172 g/mol. The SMILES string of the molecule is CN1CCC(CNCCCCl)C1. The third-order valence-electron chi connectivity index (χ3n) is 2.41. The minimum absolute atomic E-state index is 0.775. The van der Waals surface area contributed by atoms with E-state index in [0.717, 1.165) is 24.8 Å². The Bertz CT molecular complexity index is 119. The molecule has 0 aromatic carbocycles. The fraction of sp³-hybridized carbons (Fsp3) is 1.00. The highest BCUT2D eigenvalue weighted by Gasteiger charge is 2.18. The fourth-order valence-electron chi connectivity index (χ4n) is 1.69. The van der Waals surface area contributed by atoms with Crippen molar-refractivity contribution < 1.29 is 0 Å². The molecule has 3 heteroatoms. The molecular formula is C9H19ClN2. The molecule has 0 bridgehead atoms. The Morgan fingerprint density at radius 3 is 3.00 bits per heavy atom. The molecule has 0 radical (unpaired) electrons. The molecule has 1 fully saturated rings. The Labute approximate surface area is 80.3 Å². The molecule has 72 valence electrons. The fourth-order valence-corrected chi connectivity index (χ4v) is 1.82. The number of likely N-dealkylation sites (tertiary alicyclic amines) is 1. The van der Waals surface area contributed by atoms with Crippen molar-refractivity contribution in [3.05, 3.63) is 0 Å². The summed E-state index contributed by atoms with van der Waals surface area (Å²) in [6.45, 7) is 4.76. The third kappa shape index (κ3) is 3.74. The lowest BCUT2D eigenvalue weighted by Crippen LogP contribution is -2.25. The number of nitrogens with one attached hydrogen (secondary N) is 1. The van der Waals surface area contributed by atoms with Crippen molar-refractivity contribution in [1.29, 1.82) is 0 Å². The minimum atomic E-state index is 0.775. The molecule has 0 saturated carbocycles. The predicted molar refractivity (Wildman–Crippen MR) is 53.8 cm³/mol. The summed E-state index contributed by atoms with van der Waals surface area (Å²) in [5.41, 5.74) is 0. The normalized spacial score (nSPS) is 25.0. The molecule has 1 aliphatic heterocycles. The molecule has 1 atom stereocenters. The molecule has 1 N–H and O–H groups in total. The Balaban J connectivity index is 1.93. The number of alkyl halides is 1. The van der Waals surface area contributed by atoms with Gasteiger partial charge in [-0.15, -0.1) is 11.6 Å². The lowest BCUT2D eigenvalue weighted by atomic mass is 10.1. The lowest BCUT2D eigenvalue weighted by molar-refractivity contribution is 0.388. The van der Waals surface area contributed by atoms with E-state index in [4.69, 9.17) is 11.6 Å². The molecule has 0 aromatic rings. The maximum atomic E-state index is 5.57. The van der Waals surface area contributed by atoms with Crippen molar-refractivity contribution in [3.8, 4) is 0 Å². The summed E-state index contributed by atoms with van der Waals surface area (Å²) in [5.74, 6) is 1.64. The van der Waals surface area contributed by atoms with E-state index in [9.17, 15) is 0 Å². The monoisotopic (exact) mass is 190 g/mol. The van der Waals surface area contributed by atoms with Gasteiger partial charge < -0.3 is 10.2 Å². The zero-order chi connectivity index (χ0) is 8.81. The van der Waals surface area contributed by atoms with E-state index in [1.54, 1.807) is 0 Å². The van der Waals surface area contributed by atoms with Crippen LogP contribution in [0.25, 0.3) is 0 Å². The molecule has 2 nitrogen and oxygen atoms in total. The lowest BCUT2D eigenvalue weighted by Gasteiger charge is -2.10. The van der Waals surface area contributed by atoms with Gasteiger partial charge in [-0.2, -0.15) is 0 Å². The summed E-state index contributed by atoms with van der Waals surface area (Å²) < 4.78 is 0. The smallest absolute Gasteiger partial charge is 0.0235 e. The van der Waals surface area contributed by atoms with E-state index in [0.29, 0.717) is 0 Å². The van der Waals surface area contributed by atoms with Gasteiger partial charge in [0.05, 0.1) is 0 Å². The predicted octanol–water partition coefficient (Wildman–Crippen LogP) is 1.16. The van der Waals surface area contributed by atoms with Crippen LogP contribution in [0.15, 0.2) is 0 Å². The van der Waals surface area contributed by atoms with Gasteiger partial charge in [0, 0.05) is 12.4 Å². The van der Waals surface area contributed by atoms with Gasteiger partial charge in [0.15, 0.2) is 0 Å². The maximum absolute atomic E-state index is 5.57. The van der Waals surface area contributed by atoms with Gasteiger partial charge in [-0.05, 0) is 45.4 Å². The van der Waals surface area contributed by atoms with Gasteiger partial charge in [0.1, 0.15) is 0 Å². The van der Waals surface area contributed by atoms with E-state index in [-0.39, 0.29) is 0 Å². The van der Waals surface area contributed by atoms with E-state index in [1.165, 1.54) is 26.1 Å². The van der Waals surface area contributed by atoms with Crippen LogP contribution in [0.2, 0.25) is 0 Å². The first kappa shape index (κ1) is 10.3. The molecule has 0 spiro atoms. The molecule has 0 aromatic heterocycles. The first-order valence-electron chi connectivity index (χ1n) is 4.78. The van der Waals surface area contributed by atoms with Crippen LogP contribution in [-0.4, -0.2) is 44.0 Å². The second-order valence-corrected chi connectivity index (χ2v) is 4.04. The highest BCUT2D eigenvalue weighted by molar-refractivity contribution is 6.17. The van der Waals surface area contributed by atoms with Gasteiger partial charge in [0.25, 0.3) is 0 Å². The summed E-state index contributed by atoms with van der Waals surface area (Å²) in [4.78, 5) is 2.40. The van der Waals surface area contributed by atoms with Crippen molar-refractivity contribution in [3.63, 3.8) is 0 Å². The molecule has 0 aliphatic carbocycles. The molecule has 1 saturated heterocycles. The summed E-state index contributed by atoms with van der Waals surface area (Å²) in [7, 11) is 2.19. The molecule has 1 heterocycles. The number of halogens is 1. The Kier molecular flexibility index (Phi) is 4.96. The van der Waals surface area contributed by atoms with E-state index in [1.807, 2.05) is 0 Å². The Morgan fingerprint density at radius 1 is 1.58 bits per heavy atom.